The van der Waals surface area contributed by atoms with E-state index in [9.17, 15) is 29.1 Å². The molecule has 1 heterocycles. The van der Waals surface area contributed by atoms with Crippen molar-refractivity contribution in [1.29, 1.82) is 0 Å². The topological polar surface area (TPSA) is 141 Å². The summed E-state index contributed by atoms with van der Waals surface area (Å²) in [5.74, 6) is -4.51. The smallest absolute Gasteiger partial charge is 0.326 e. The van der Waals surface area contributed by atoms with Crippen molar-refractivity contribution < 1.29 is 34.2 Å². The number of carboxylic acids is 2. The number of carbonyl (C=O) groups excluding carboxylic acids is 3. The molecule has 1 aliphatic heterocycles. The number of hydrogen-bond acceptors (Lipinski definition) is 5. The highest BCUT2D eigenvalue weighted by Crippen LogP contribution is 2.33. The molecule has 3 atom stereocenters. The number of imide groups is 1. The Morgan fingerprint density at radius 1 is 1.03 bits per heavy atom. The Morgan fingerprint density at radius 3 is 2.20 bits per heavy atom. The maximum Gasteiger partial charge on any atom is 0.326 e. The van der Waals surface area contributed by atoms with E-state index in [1.165, 1.54) is 4.90 Å². The number of carbonyl (C=O) groups is 5. The number of hydrogen-bond donors (Lipinski definition) is 3. The zero-order valence-corrected chi connectivity index (χ0v) is 16.4. The second-order valence-electron chi connectivity index (χ2n) is 7.75. The van der Waals surface area contributed by atoms with Gasteiger partial charge in [0.15, 0.2) is 0 Å². The molecule has 3 N–H and O–H groups in total. The molecule has 160 valence electrons. The number of benzene rings is 1. The van der Waals surface area contributed by atoms with Crippen molar-refractivity contribution in [2.24, 2.45) is 11.8 Å². The molecule has 0 radical (unpaired) electrons. The number of carboxylic acid groups (broad SMARTS) is 2. The van der Waals surface area contributed by atoms with E-state index in [1.54, 1.807) is 24.3 Å². The van der Waals surface area contributed by atoms with Gasteiger partial charge in [0.25, 0.3) is 11.8 Å². The number of aliphatic carboxylic acids is 2. The molecule has 1 fully saturated rings. The lowest BCUT2D eigenvalue weighted by molar-refractivity contribution is -0.144. The first-order valence-corrected chi connectivity index (χ1v) is 9.99. The Labute approximate surface area is 173 Å². The summed E-state index contributed by atoms with van der Waals surface area (Å²) < 4.78 is 0. The third kappa shape index (κ3) is 4.50. The van der Waals surface area contributed by atoms with Crippen LogP contribution in [0.3, 0.4) is 0 Å². The van der Waals surface area contributed by atoms with Crippen LogP contribution in [0.4, 0.5) is 0 Å². The van der Waals surface area contributed by atoms with E-state index in [0.717, 1.165) is 12.8 Å². The first-order valence-electron chi connectivity index (χ1n) is 9.99. The van der Waals surface area contributed by atoms with Gasteiger partial charge >= 0.3 is 11.9 Å². The van der Waals surface area contributed by atoms with Gasteiger partial charge in [-0.1, -0.05) is 25.0 Å². The van der Waals surface area contributed by atoms with Crippen LogP contribution >= 0.6 is 0 Å². The van der Waals surface area contributed by atoms with Gasteiger partial charge in [0.1, 0.15) is 6.04 Å². The van der Waals surface area contributed by atoms with Crippen molar-refractivity contribution in [2.45, 2.75) is 44.6 Å². The first kappa shape index (κ1) is 21.5. The molecule has 1 aliphatic carbocycles. The largest absolute Gasteiger partial charge is 0.481 e. The maximum atomic E-state index is 12.8. The van der Waals surface area contributed by atoms with E-state index < -0.39 is 29.8 Å². The lowest BCUT2D eigenvalue weighted by Crippen LogP contribution is -2.48. The van der Waals surface area contributed by atoms with Crippen molar-refractivity contribution in [1.82, 2.24) is 10.2 Å². The summed E-state index contributed by atoms with van der Waals surface area (Å²) in [5.41, 5.74) is 0.692. The zero-order valence-electron chi connectivity index (χ0n) is 16.4. The fraction of sp³-hybridized carbons (Fsp3) is 0.476. The van der Waals surface area contributed by atoms with Gasteiger partial charge in [-0.2, -0.15) is 0 Å². The van der Waals surface area contributed by atoms with Crippen LogP contribution in [0.1, 0.15) is 59.2 Å². The molecule has 0 saturated heterocycles. The number of amides is 3. The van der Waals surface area contributed by atoms with Crippen molar-refractivity contribution in [3.8, 4) is 0 Å². The predicted molar refractivity (Wildman–Crippen MR) is 104 cm³/mol. The summed E-state index contributed by atoms with van der Waals surface area (Å²) in [5, 5.41) is 20.5. The molecule has 1 aromatic carbocycles. The fourth-order valence-corrected chi connectivity index (χ4v) is 4.21. The molecular weight excluding hydrogens is 392 g/mol. The molecule has 2 aliphatic rings. The second kappa shape index (κ2) is 9.06. The minimum absolute atomic E-state index is 0.0945. The van der Waals surface area contributed by atoms with Crippen LogP contribution in [-0.2, 0) is 14.4 Å². The van der Waals surface area contributed by atoms with E-state index in [0.29, 0.717) is 24.0 Å². The molecule has 9 nitrogen and oxygen atoms in total. The average molecular weight is 416 g/mol. The summed E-state index contributed by atoms with van der Waals surface area (Å²) in [6, 6.07) is 5.28. The van der Waals surface area contributed by atoms with Gasteiger partial charge in [0.05, 0.1) is 11.1 Å². The van der Waals surface area contributed by atoms with E-state index in [1.807, 2.05) is 0 Å². The van der Waals surface area contributed by atoms with Crippen LogP contribution in [0.2, 0.25) is 0 Å². The van der Waals surface area contributed by atoms with Gasteiger partial charge in [-0.15, -0.1) is 0 Å². The van der Waals surface area contributed by atoms with Gasteiger partial charge < -0.3 is 15.5 Å². The Bertz CT molecular complexity index is 847. The van der Waals surface area contributed by atoms with Crippen LogP contribution in [0, 0.1) is 11.8 Å². The molecule has 30 heavy (non-hydrogen) atoms. The van der Waals surface area contributed by atoms with Crippen molar-refractivity contribution in [2.75, 3.05) is 6.54 Å². The highest BCUT2D eigenvalue weighted by Gasteiger charge is 2.40. The van der Waals surface area contributed by atoms with Crippen LogP contribution < -0.4 is 5.32 Å². The number of nitrogens with one attached hydrogen (secondary N) is 1. The monoisotopic (exact) mass is 416 g/mol. The van der Waals surface area contributed by atoms with Crippen molar-refractivity contribution >= 4 is 29.7 Å². The molecule has 0 spiro atoms. The van der Waals surface area contributed by atoms with Crippen molar-refractivity contribution in [3.05, 3.63) is 35.4 Å². The van der Waals surface area contributed by atoms with E-state index in [4.69, 9.17) is 5.11 Å². The molecule has 0 aromatic heterocycles. The molecule has 1 aromatic rings. The molecular formula is C21H24N2O7. The van der Waals surface area contributed by atoms with Crippen LogP contribution in [0.25, 0.3) is 0 Å². The predicted octanol–water partition coefficient (Wildman–Crippen LogP) is 1.52. The maximum absolute atomic E-state index is 12.8. The highest BCUT2D eigenvalue weighted by molar-refractivity contribution is 6.21. The zero-order chi connectivity index (χ0) is 21.8. The Balaban J connectivity index is 1.70. The third-order valence-electron chi connectivity index (χ3n) is 5.80. The lowest BCUT2D eigenvalue weighted by Gasteiger charge is -2.33. The average Bonchev–Trinajstić information content (AvgIpc) is 2.96. The lowest BCUT2D eigenvalue weighted by atomic mass is 9.78. The van der Waals surface area contributed by atoms with Gasteiger partial charge in [-0.25, -0.2) is 4.79 Å². The Morgan fingerprint density at radius 2 is 1.63 bits per heavy atom. The molecule has 3 rings (SSSR count). The number of nitrogens with zero attached hydrogens (tertiary/aromatic N) is 1. The third-order valence-corrected chi connectivity index (χ3v) is 5.80. The second-order valence-corrected chi connectivity index (χ2v) is 7.75. The molecule has 3 unspecified atom stereocenters. The summed E-state index contributed by atoms with van der Waals surface area (Å²) in [6.07, 6.45) is 2.19. The normalized spacial score (nSPS) is 21.8. The summed E-state index contributed by atoms with van der Waals surface area (Å²) in [6.45, 7) is 0.0945. The molecule has 9 heteroatoms. The molecule has 0 bridgehead atoms. The summed E-state index contributed by atoms with van der Waals surface area (Å²) in [4.78, 5) is 61.4. The first-order chi connectivity index (χ1) is 14.3. The molecule has 3 amide bonds. The SMILES string of the molecule is O=C(O)CCC(NC(=O)C1CCCCC1CN1C(=O)c2ccccc2C1=O)C(=O)O. The van der Waals surface area contributed by atoms with Crippen LogP contribution in [0.5, 0.6) is 0 Å². The summed E-state index contributed by atoms with van der Waals surface area (Å²) >= 11 is 0. The van der Waals surface area contributed by atoms with Gasteiger partial charge in [0, 0.05) is 18.9 Å². The van der Waals surface area contributed by atoms with E-state index in [2.05, 4.69) is 5.32 Å². The highest BCUT2D eigenvalue weighted by atomic mass is 16.4. The number of fused-ring (bicyclic) bond motifs is 1. The van der Waals surface area contributed by atoms with E-state index >= 15 is 0 Å². The fourth-order valence-electron chi connectivity index (χ4n) is 4.21. The van der Waals surface area contributed by atoms with Crippen molar-refractivity contribution in [3.63, 3.8) is 0 Å². The Hall–Kier alpha value is -3.23. The number of rotatable bonds is 8. The van der Waals surface area contributed by atoms with Gasteiger partial charge in [0.2, 0.25) is 5.91 Å². The minimum Gasteiger partial charge on any atom is -0.481 e. The molecule has 1 saturated carbocycles. The van der Waals surface area contributed by atoms with Crippen LogP contribution in [0.15, 0.2) is 24.3 Å². The van der Waals surface area contributed by atoms with E-state index in [-0.39, 0.29) is 37.1 Å². The van der Waals surface area contributed by atoms with Crippen LogP contribution in [-0.4, -0.2) is 57.4 Å². The summed E-state index contributed by atoms with van der Waals surface area (Å²) in [7, 11) is 0. The Kier molecular flexibility index (Phi) is 6.49. The van der Waals surface area contributed by atoms with Gasteiger partial charge in [-0.05, 0) is 37.3 Å². The standard InChI is InChI=1S/C21H24N2O7/c24-17(25)10-9-16(21(29)30)22-18(26)13-6-2-1-5-12(13)11-23-19(27)14-7-3-4-8-15(14)20(23)28/h3-4,7-8,12-13,16H,1-2,5-6,9-11H2,(H,22,26)(H,24,25)(H,29,30). The quantitative estimate of drug-likeness (QED) is 0.546. The minimum atomic E-state index is -1.30. The van der Waals surface area contributed by atoms with Gasteiger partial charge in [-0.3, -0.25) is 24.1 Å².